The van der Waals surface area contributed by atoms with Crippen LogP contribution in [0, 0.1) is 13.8 Å². The van der Waals surface area contributed by atoms with Crippen LogP contribution in [0.3, 0.4) is 0 Å². The molecule has 0 spiro atoms. The summed E-state index contributed by atoms with van der Waals surface area (Å²) >= 11 is 0. The number of benzene rings is 10. The standard InChI is InChI=1S/C56H39NO/c1-36-37(2)46-18-11-22-53(55(46)51-17-6-5-14-45(36)51)57(44-34-30-42(31-35-44)49-20-10-21-52-50-16-7-8-23-54(50)58-56(49)52)43-32-28-39(29-33-43)38-24-26-41(27-25-38)48-19-9-13-40-12-3-4-15-47(40)48/h3-35H,1-2H3. The minimum absolute atomic E-state index is 0.908. The summed E-state index contributed by atoms with van der Waals surface area (Å²) in [6, 6.07) is 72.4. The Morgan fingerprint density at radius 1 is 0.345 bits per heavy atom. The van der Waals surface area contributed by atoms with E-state index in [1.807, 2.05) is 12.1 Å². The van der Waals surface area contributed by atoms with Gasteiger partial charge in [-0.2, -0.15) is 0 Å². The molecule has 0 saturated carbocycles. The van der Waals surface area contributed by atoms with E-state index in [1.54, 1.807) is 0 Å². The maximum absolute atomic E-state index is 6.45. The fourth-order valence-electron chi connectivity index (χ4n) is 9.07. The molecule has 274 valence electrons. The van der Waals surface area contributed by atoms with Gasteiger partial charge in [0, 0.05) is 33.1 Å². The van der Waals surface area contributed by atoms with Crippen molar-refractivity contribution in [3.63, 3.8) is 0 Å². The number of para-hydroxylation sites is 2. The summed E-state index contributed by atoms with van der Waals surface area (Å²) in [7, 11) is 0. The Morgan fingerprint density at radius 2 is 0.828 bits per heavy atom. The second-order valence-corrected chi connectivity index (χ2v) is 15.3. The number of aryl methyl sites for hydroxylation is 2. The van der Waals surface area contributed by atoms with Crippen molar-refractivity contribution in [3.8, 4) is 33.4 Å². The minimum atomic E-state index is 0.908. The summed E-state index contributed by atoms with van der Waals surface area (Å²) in [5.74, 6) is 0. The second-order valence-electron chi connectivity index (χ2n) is 15.3. The van der Waals surface area contributed by atoms with Crippen LogP contribution in [0.25, 0.3) is 87.6 Å². The van der Waals surface area contributed by atoms with Crippen LogP contribution < -0.4 is 4.90 Å². The number of hydrogen-bond acceptors (Lipinski definition) is 2. The van der Waals surface area contributed by atoms with E-state index in [0.29, 0.717) is 0 Å². The Bertz CT molecular complexity index is 3330. The first-order valence-electron chi connectivity index (χ1n) is 20.0. The Hall–Kier alpha value is -7.42. The molecule has 0 aliphatic rings. The summed E-state index contributed by atoms with van der Waals surface area (Å²) in [6.07, 6.45) is 0. The molecule has 0 bridgehead atoms. The summed E-state index contributed by atoms with van der Waals surface area (Å²) in [6.45, 7) is 4.50. The van der Waals surface area contributed by atoms with Gasteiger partial charge in [0.2, 0.25) is 0 Å². The lowest BCUT2D eigenvalue weighted by atomic mass is 9.91. The molecule has 58 heavy (non-hydrogen) atoms. The van der Waals surface area contributed by atoms with E-state index in [1.165, 1.54) is 65.7 Å². The molecule has 2 nitrogen and oxygen atoms in total. The van der Waals surface area contributed by atoms with Gasteiger partial charge in [-0.05, 0) is 116 Å². The van der Waals surface area contributed by atoms with E-state index in [0.717, 1.165) is 50.1 Å². The Labute approximate surface area is 337 Å². The van der Waals surface area contributed by atoms with Crippen molar-refractivity contribution in [2.24, 2.45) is 0 Å². The van der Waals surface area contributed by atoms with Crippen molar-refractivity contribution >= 4 is 71.3 Å². The topological polar surface area (TPSA) is 16.4 Å². The van der Waals surface area contributed by atoms with Gasteiger partial charge in [-0.3, -0.25) is 0 Å². The highest BCUT2D eigenvalue weighted by atomic mass is 16.3. The quantitative estimate of drug-likeness (QED) is 0.158. The lowest BCUT2D eigenvalue weighted by Crippen LogP contribution is -2.11. The molecule has 0 fully saturated rings. The molecule has 0 amide bonds. The second kappa shape index (κ2) is 13.7. The Balaban J connectivity index is 1.03. The molecule has 1 heterocycles. The highest BCUT2D eigenvalue weighted by Gasteiger charge is 2.20. The predicted octanol–water partition coefficient (Wildman–Crippen LogP) is 16.1. The first-order chi connectivity index (χ1) is 28.6. The van der Waals surface area contributed by atoms with Gasteiger partial charge in [0.25, 0.3) is 0 Å². The molecule has 0 aliphatic carbocycles. The highest BCUT2D eigenvalue weighted by molar-refractivity contribution is 6.17. The fourth-order valence-corrected chi connectivity index (χ4v) is 9.07. The van der Waals surface area contributed by atoms with Crippen LogP contribution in [-0.4, -0.2) is 0 Å². The van der Waals surface area contributed by atoms with Crippen molar-refractivity contribution in [1.82, 2.24) is 0 Å². The van der Waals surface area contributed by atoms with Gasteiger partial charge in [0.05, 0.1) is 5.69 Å². The maximum Gasteiger partial charge on any atom is 0.143 e. The maximum atomic E-state index is 6.45. The first-order valence-corrected chi connectivity index (χ1v) is 20.0. The lowest BCUT2D eigenvalue weighted by Gasteiger charge is -2.28. The van der Waals surface area contributed by atoms with E-state index in [2.05, 4.69) is 207 Å². The Morgan fingerprint density at radius 3 is 1.59 bits per heavy atom. The van der Waals surface area contributed by atoms with Crippen LogP contribution in [-0.2, 0) is 0 Å². The third-order valence-electron chi connectivity index (χ3n) is 12.1. The van der Waals surface area contributed by atoms with Crippen LogP contribution in [0.4, 0.5) is 17.1 Å². The van der Waals surface area contributed by atoms with Gasteiger partial charge >= 0.3 is 0 Å². The van der Waals surface area contributed by atoms with Crippen molar-refractivity contribution in [2.75, 3.05) is 4.90 Å². The molecular formula is C56H39NO. The zero-order chi connectivity index (χ0) is 38.7. The van der Waals surface area contributed by atoms with Crippen molar-refractivity contribution in [1.29, 1.82) is 0 Å². The molecule has 2 heteroatoms. The largest absolute Gasteiger partial charge is 0.455 e. The highest BCUT2D eigenvalue weighted by Crippen LogP contribution is 2.45. The normalized spacial score (nSPS) is 11.6. The predicted molar refractivity (Wildman–Crippen MR) is 247 cm³/mol. The smallest absolute Gasteiger partial charge is 0.143 e. The SMILES string of the molecule is Cc1c(C)c2cccc(N(c3ccc(-c4ccc(-c5cccc6ccccc56)cc4)cc3)c3ccc(-c4cccc5c4oc4ccccc45)cc3)c2c2ccccc12. The van der Waals surface area contributed by atoms with Crippen molar-refractivity contribution in [3.05, 3.63) is 211 Å². The zero-order valence-electron chi connectivity index (χ0n) is 32.4. The number of fused-ring (bicyclic) bond motifs is 7. The van der Waals surface area contributed by atoms with Crippen molar-refractivity contribution in [2.45, 2.75) is 13.8 Å². The average molecular weight is 742 g/mol. The zero-order valence-corrected chi connectivity index (χ0v) is 32.4. The molecule has 0 N–H and O–H groups in total. The molecule has 0 aliphatic heterocycles. The molecule has 11 aromatic rings. The van der Waals surface area contributed by atoms with E-state index in [4.69, 9.17) is 4.42 Å². The number of hydrogen-bond donors (Lipinski definition) is 0. The summed E-state index contributed by atoms with van der Waals surface area (Å²) in [4.78, 5) is 2.42. The number of nitrogens with zero attached hydrogens (tertiary/aromatic N) is 1. The Kier molecular flexibility index (Phi) is 7.97. The lowest BCUT2D eigenvalue weighted by molar-refractivity contribution is 0.670. The van der Waals surface area contributed by atoms with Crippen LogP contribution in [0.15, 0.2) is 205 Å². The van der Waals surface area contributed by atoms with Gasteiger partial charge in [-0.1, -0.05) is 164 Å². The van der Waals surface area contributed by atoms with E-state index in [9.17, 15) is 0 Å². The van der Waals surface area contributed by atoms with Gasteiger partial charge in [-0.15, -0.1) is 0 Å². The van der Waals surface area contributed by atoms with Gasteiger partial charge < -0.3 is 9.32 Å². The molecular weight excluding hydrogens is 703 g/mol. The van der Waals surface area contributed by atoms with Gasteiger partial charge in [-0.25, -0.2) is 0 Å². The minimum Gasteiger partial charge on any atom is -0.455 e. The first kappa shape index (κ1) is 33.9. The summed E-state index contributed by atoms with van der Waals surface area (Å²) in [5, 5.41) is 9.88. The van der Waals surface area contributed by atoms with Gasteiger partial charge in [0.1, 0.15) is 11.2 Å². The van der Waals surface area contributed by atoms with Crippen LogP contribution in [0.1, 0.15) is 11.1 Å². The third kappa shape index (κ3) is 5.49. The molecule has 0 saturated heterocycles. The van der Waals surface area contributed by atoms with Crippen LogP contribution in [0.2, 0.25) is 0 Å². The van der Waals surface area contributed by atoms with E-state index >= 15 is 0 Å². The molecule has 0 atom stereocenters. The van der Waals surface area contributed by atoms with E-state index < -0.39 is 0 Å². The molecule has 0 radical (unpaired) electrons. The van der Waals surface area contributed by atoms with Crippen LogP contribution in [0.5, 0.6) is 0 Å². The summed E-state index contributed by atoms with van der Waals surface area (Å²) < 4.78 is 6.45. The fraction of sp³-hybridized carbons (Fsp3) is 0.0357. The van der Waals surface area contributed by atoms with E-state index in [-0.39, 0.29) is 0 Å². The number of furan rings is 1. The van der Waals surface area contributed by atoms with Gasteiger partial charge in [0.15, 0.2) is 0 Å². The molecule has 0 unspecified atom stereocenters. The van der Waals surface area contributed by atoms with Crippen LogP contribution >= 0.6 is 0 Å². The monoisotopic (exact) mass is 741 g/mol. The summed E-state index contributed by atoms with van der Waals surface area (Å²) in [5.41, 5.74) is 14.8. The average Bonchev–Trinajstić information content (AvgIpc) is 3.68. The number of anilines is 3. The number of rotatable bonds is 6. The molecule has 11 rings (SSSR count). The molecule has 1 aromatic heterocycles. The van der Waals surface area contributed by atoms with Crippen molar-refractivity contribution < 1.29 is 4.42 Å². The third-order valence-corrected chi connectivity index (χ3v) is 12.1. The molecule has 10 aromatic carbocycles.